The Kier molecular flexibility index (Phi) is 5.59. The lowest BCUT2D eigenvalue weighted by atomic mass is 10.2. The third-order valence-corrected chi connectivity index (χ3v) is 3.72. The van der Waals surface area contributed by atoms with Crippen molar-refractivity contribution < 1.29 is 9.53 Å². The normalized spacial score (nSPS) is 10.3. The molecule has 5 nitrogen and oxygen atoms in total. The van der Waals surface area contributed by atoms with E-state index in [1.54, 1.807) is 24.5 Å². The minimum absolute atomic E-state index is 0.193. The summed E-state index contributed by atoms with van der Waals surface area (Å²) in [6.07, 6.45) is 4.95. The van der Waals surface area contributed by atoms with E-state index in [0.29, 0.717) is 23.9 Å². The van der Waals surface area contributed by atoms with Crippen LogP contribution in [0.25, 0.3) is 0 Å². The van der Waals surface area contributed by atoms with Crippen molar-refractivity contribution in [3.63, 3.8) is 0 Å². The van der Waals surface area contributed by atoms with Gasteiger partial charge in [-0.05, 0) is 35.9 Å². The number of aromatic nitrogens is 2. The van der Waals surface area contributed by atoms with Crippen LogP contribution in [0.2, 0.25) is 5.15 Å². The van der Waals surface area contributed by atoms with Gasteiger partial charge in [-0.25, -0.2) is 4.98 Å². The molecule has 0 aliphatic rings. The summed E-state index contributed by atoms with van der Waals surface area (Å²) in [7, 11) is 0. The van der Waals surface area contributed by atoms with Crippen molar-refractivity contribution in [1.29, 1.82) is 0 Å². The molecule has 6 heteroatoms. The molecule has 2 aromatic heterocycles. The van der Waals surface area contributed by atoms with Gasteiger partial charge in [-0.1, -0.05) is 29.8 Å². The molecule has 0 aliphatic heterocycles. The van der Waals surface area contributed by atoms with Crippen LogP contribution < -0.4 is 10.1 Å². The summed E-state index contributed by atoms with van der Waals surface area (Å²) in [5.41, 5.74) is 2.46. The number of hydrogen-bond donors (Lipinski definition) is 1. The molecule has 0 atom stereocenters. The van der Waals surface area contributed by atoms with Crippen molar-refractivity contribution in [1.82, 2.24) is 15.3 Å². The second kappa shape index (κ2) is 8.26. The smallest absolute Gasteiger partial charge is 0.253 e. The zero-order chi connectivity index (χ0) is 17.5. The molecule has 2 heterocycles. The van der Waals surface area contributed by atoms with Gasteiger partial charge in [-0.3, -0.25) is 9.78 Å². The standard InChI is InChI=1S/C19H16ClN3O2/c20-18-8-5-16(12-22-18)19(24)23-11-14-3-6-17(7-4-14)25-13-15-2-1-9-21-10-15/h1-10,12H,11,13H2,(H,23,24). The topological polar surface area (TPSA) is 64.1 Å². The summed E-state index contributed by atoms with van der Waals surface area (Å²) in [6, 6.07) is 14.6. The largest absolute Gasteiger partial charge is 0.489 e. The predicted octanol–water partition coefficient (Wildman–Crippen LogP) is 3.64. The van der Waals surface area contributed by atoms with Crippen molar-refractivity contribution in [2.24, 2.45) is 0 Å². The van der Waals surface area contributed by atoms with Crippen LogP contribution in [0.1, 0.15) is 21.5 Å². The highest BCUT2D eigenvalue weighted by atomic mass is 35.5. The summed E-state index contributed by atoms with van der Waals surface area (Å²) in [6.45, 7) is 0.887. The van der Waals surface area contributed by atoms with E-state index in [9.17, 15) is 4.79 Å². The average molecular weight is 354 g/mol. The van der Waals surface area contributed by atoms with Crippen molar-refractivity contribution in [2.75, 3.05) is 0 Å². The molecule has 0 unspecified atom stereocenters. The van der Waals surface area contributed by atoms with E-state index in [-0.39, 0.29) is 5.91 Å². The first kappa shape index (κ1) is 16.9. The first-order chi connectivity index (χ1) is 12.2. The summed E-state index contributed by atoms with van der Waals surface area (Å²) >= 11 is 5.71. The lowest BCUT2D eigenvalue weighted by Gasteiger charge is -2.08. The predicted molar refractivity (Wildman–Crippen MR) is 95.4 cm³/mol. The minimum Gasteiger partial charge on any atom is -0.489 e. The number of hydrogen-bond acceptors (Lipinski definition) is 4. The molecule has 0 spiro atoms. The number of nitrogens with zero attached hydrogens (tertiary/aromatic N) is 2. The Hall–Kier alpha value is -2.92. The van der Waals surface area contributed by atoms with Crippen molar-refractivity contribution >= 4 is 17.5 Å². The molecule has 0 fully saturated rings. The van der Waals surface area contributed by atoms with Crippen molar-refractivity contribution in [2.45, 2.75) is 13.2 Å². The zero-order valence-electron chi connectivity index (χ0n) is 13.4. The zero-order valence-corrected chi connectivity index (χ0v) is 14.1. The summed E-state index contributed by atoms with van der Waals surface area (Å²) < 4.78 is 5.71. The van der Waals surface area contributed by atoms with Crippen LogP contribution in [-0.2, 0) is 13.2 Å². The van der Waals surface area contributed by atoms with E-state index in [1.165, 1.54) is 6.20 Å². The lowest BCUT2D eigenvalue weighted by molar-refractivity contribution is 0.0950. The Balaban J connectivity index is 1.50. The van der Waals surface area contributed by atoms with Crippen LogP contribution in [0.3, 0.4) is 0 Å². The molecule has 0 radical (unpaired) electrons. The van der Waals surface area contributed by atoms with E-state index in [2.05, 4.69) is 15.3 Å². The summed E-state index contributed by atoms with van der Waals surface area (Å²) in [4.78, 5) is 20.0. The SMILES string of the molecule is O=C(NCc1ccc(OCc2cccnc2)cc1)c1ccc(Cl)nc1. The van der Waals surface area contributed by atoms with Gasteiger partial charge in [0.2, 0.25) is 0 Å². The molecule has 126 valence electrons. The van der Waals surface area contributed by atoms with Crippen LogP contribution in [0, 0.1) is 0 Å². The maximum atomic E-state index is 12.0. The summed E-state index contributed by atoms with van der Waals surface area (Å²) in [5.74, 6) is 0.571. The maximum absolute atomic E-state index is 12.0. The first-order valence-corrected chi connectivity index (χ1v) is 8.09. The number of benzene rings is 1. The molecule has 0 saturated carbocycles. The van der Waals surface area contributed by atoms with Gasteiger partial charge in [0.1, 0.15) is 17.5 Å². The van der Waals surface area contributed by atoms with Gasteiger partial charge in [0.05, 0.1) is 5.56 Å². The number of halogens is 1. The second-order valence-electron chi connectivity index (χ2n) is 5.35. The Morgan fingerprint density at radius 1 is 1.04 bits per heavy atom. The maximum Gasteiger partial charge on any atom is 0.253 e. The molecular weight excluding hydrogens is 338 g/mol. The van der Waals surface area contributed by atoms with E-state index in [4.69, 9.17) is 16.3 Å². The number of carbonyl (C=O) groups is 1. The van der Waals surface area contributed by atoms with Gasteiger partial charge in [0.25, 0.3) is 5.91 Å². The molecule has 0 aliphatic carbocycles. The van der Waals surface area contributed by atoms with Crippen molar-refractivity contribution in [3.05, 3.63) is 89.0 Å². The van der Waals surface area contributed by atoms with Crippen LogP contribution >= 0.6 is 11.6 Å². The van der Waals surface area contributed by atoms with Gasteiger partial charge < -0.3 is 10.1 Å². The molecule has 1 aromatic carbocycles. The number of pyridine rings is 2. The van der Waals surface area contributed by atoms with Gasteiger partial charge in [-0.15, -0.1) is 0 Å². The van der Waals surface area contributed by atoms with E-state index < -0.39 is 0 Å². The molecule has 3 aromatic rings. The highest BCUT2D eigenvalue weighted by Gasteiger charge is 2.06. The quantitative estimate of drug-likeness (QED) is 0.687. The van der Waals surface area contributed by atoms with Crippen LogP contribution in [0.4, 0.5) is 0 Å². The molecule has 0 bridgehead atoms. The molecule has 0 saturated heterocycles. The van der Waals surface area contributed by atoms with Crippen LogP contribution in [-0.4, -0.2) is 15.9 Å². The Morgan fingerprint density at radius 3 is 2.56 bits per heavy atom. The van der Waals surface area contributed by atoms with E-state index >= 15 is 0 Å². The third-order valence-electron chi connectivity index (χ3n) is 3.49. The third kappa shape index (κ3) is 5.02. The fourth-order valence-electron chi connectivity index (χ4n) is 2.15. The minimum atomic E-state index is -0.193. The highest BCUT2D eigenvalue weighted by Crippen LogP contribution is 2.14. The molecule has 25 heavy (non-hydrogen) atoms. The van der Waals surface area contributed by atoms with E-state index in [0.717, 1.165) is 16.9 Å². The van der Waals surface area contributed by atoms with Gasteiger partial charge in [0.15, 0.2) is 0 Å². The number of amides is 1. The molecule has 1 amide bonds. The molecular formula is C19H16ClN3O2. The second-order valence-corrected chi connectivity index (χ2v) is 5.73. The fraction of sp³-hybridized carbons (Fsp3) is 0.105. The van der Waals surface area contributed by atoms with Gasteiger partial charge in [-0.2, -0.15) is 0 Å². The molecule has 3 rings (SSSR count). The van der Waals surface area contributed by atoms with Crippen LogP contribution in [0.5, 0.6) is 5.75 Å². The fourth-order valence-corrected chi connectivity index (χ4v) is 2.26. The number of nitrogens with one attached hydrogen (secondary N) is 1. The highest BCUT2D eigenvalue weighted by molar-refractivity contribution is 6.29. The van der Waals surface area contributed by atoms with Crippen LogP contribution in [0.15, 0.2) is 67.1 Å². The van der Waals surface area contributed by atoms with Gasteiger partial charge in [0, 0.05) is 30.7 Å². The Labute approximate surface area is 150 Å². The first-order valence-electron chi connectivity index (χ1n) is 7.71. The van der Waals surface area contributed by atoms with E-state index in [1.807, 2.05) is 36.4 Å². The number of rotatable bonds is 6. The lowest BCUT2D eigenvalue weighted by Crippen LogP contribution is -2.22. The Bertz CT molecular complexity index is 822. The molecule has 1 N–H and O–H groups in total. The summed E-state index contributed by atoms with van der Waals surface area (Å²) in [5, 5.41) is 3.20. The van der Waals surface area contributed by atoms with Crippen molar-refractivity contribution in [3.8, 4) is 5.75 Å². The number of ether oxygens (including phenoxy) is 1. The Morgan fingerprint density at radius 2 is 1.88 bits per heavy atom. The average Bonchev–Trinajstić information content (AvgIpc) is 2.67. The van der Waals surface area contributed by atoms with Gasteiger partial charge >= 0.3 is 0 Å². The monoisotopic (exact) mass is 353 g/mol. The number of carbonyl (C=O) groups excluding carboxylic acids is 1.